The van der Waals surface area contributed by atoms with Crippen LogP contribution in [0.4, 0.5) is 5.88 Å². The number of hydrogen-bond donors (Lipinski definition) is 1. The number of hydrogen-bond acceptors (Lipinski definition) is 4. The summed E-state index contributed by atoms with van der Waals surface area (Å²) in [7, 11) is 1.92. The minimum atomic E-state index is -1.06. The molecule has 0 saturated heterocycles. The van der Waals surface area contributed by atoms with E-state index < -0.39 is 5.97 Å². The predicted molar refractivity (Wildman–Crippen MR) is 65.4 cm³/mol. The van der Waals surface area contributed by atoms with Gasteiger partial charge < -0.3 is 19.2 Å². The van der Waals surface area contributed by atoms with Crippen LogP contribution in [-0.4, -0.2) is 30.3 Å². The van der Waals surface area contributed by atoms with Gasteiger partial charge in [0.05, 0.1) is 6.54 Å². The number of carboxylic acid groups (broad SMARTS) is 1. The second-order valence-electron chi connectivity index (χ2n) is 5.29. The molecule has 0 radical (unpaired) electrons. The van der Waals surface area contributed by atoms with Crippen LogP contribution in [0.5, 0.6) is 5.75 Å². The number of carbonyl (C=O) groups is 1. The summed E-state index contributed by atoms with van der Waals surface area (Å²) < 4.78 is 11.4. The molecule has 0 bridgehead atoms. The lowest BCUT2D eigenvalue weighted by molar-refractivity contribution is 0.0277. The van der Waals surface area contributed by atoms with E-state index in [0.29, 0.717) is 11.6 Å². The molecule has 98 valence electrons. The quantitative estimate of drug-likeness (QED) is 0.830. The molecule has 1 fully saturated rings. The lowest BCUT2D eigenvalue weighted by Gasteiger charge is -2.43. The molecule has 0 aromatic carbocycles. The molecular formula is C13H17NO4. The minimum Gasteiger partial charge on any atom is -0.480 e. The molecule has 18 heavy (non-hydrogen) atoms. The highest BCUT2D eigenvalue weighted by molar-refractivity contribution is 5.86. The van der Waals surface area contributed by atoms with Gasteiger partial charge in [-0.3, -0.25) is 0 Å². The van der Waals surface area contributed by atoms with Crippen molar-refractivity contribution in [2.75, 3.05) is 18.5 Å². The summed E-state index contributed by atoms with van der Waals surface area (Å²) in [5, 5.41) is 8.95. The van der Waals surface area contributed by atoms with Crippen molar-refractivity contribution in [2.45, 2.75) is 37.7 Å². The Balaban J connectivity index is 1.93. The molecule has 1 aliphatic heterocycles. The first-order valence-electron chi connectivity index (χ1n) is 6.37. The highest BCUT2D eigenvalue weighted by atomic mass is 16.5. The third kappa shape index (κ3) is 1.74. The van der Waals surface area contributed by atoms with Crippen LogP contribution in [-0.2, 0) is 0 Å². The van der Waals surface area contributed by atoms with Crippen LogP contribution in [0, 0.1) is 0 Å². The van der Waals surface area contributed by atoms with Gasteiger partial charge in [0.25, 0.3) is 0 Å². The summed E-state index contributed by atoms with van der Waals surface area (Å²) >= 11 is 0. The third-order valence-corrected chi connectivity index (χ3v) is 3.85. The van der Waals surface area contributed by atoms with Crippen LogP contribution in [0.15, 0.2) is 10.5 Å². The Morgan fingerprint density at radius 2 is 2.11 bits per heavy atom. The number of likely N-dealkylation sites (N-methyl/N-ethyl adjacent to an activating group) is 1. The molecule has 2 heterocycles. The summed E-state index contributed by atoms with van der Waals surface area (Å²) in [6.45, 7) is 0.770. The average molecular weight is 251 g/mol. The topological polar surface area (TPSA) is 62.9 Å². The molecule has 0 atom stereocenters. The van der Waals surface area contributed by atoms with Crippen molar-refractivity contribution in [3.05, 3.63) is 11.8 Å². The molecule has 1 aromatic rings. The van der Waals surface area contributed by atoms with E-state index >= 15 is 0 Å². The van der Waals surface area contributed by atoms with E-state index in [9.17, 15) is 4.79 Å². The molecule has 2 aliphatic rings. The first-order valence-corrected chi connectivity index (χ1v) is 6.37. The molecule has 0 amide bonds. The van der Waals surface area contributed by atoms with E-state index in [1.54, 1.807) is 0 Å². The van der Waals surface area contributed by atoms with E-state index in [1.807, 2.05) is 11.9 Å². The van der Waals surface area contributed by atoms with Crippen molar-refractivity contribution in [2.24, 2.45) is 0 Å². The maximum Gasteiger partial charge on any atom is 0.372 e. The number of ether oxygens (including phenoxy) is 1. The summed E-state index contributed by atoms with van der Waals surface area (Å²) in [6, 6.07) is 1.49. The lowest BCUT2D eigenvalue weighted by atomic mass is 9.83. The third-order valence-electron chi connectivity index (χ3n) is 3.85. The Bertz CT molecular complexity index is 473. The summed E-state index contributed by atoms with van der Waals surface area (Å²) in [6.07, 6.45) is 5.67. The van der Waals surface area contributed by atoms with E-state index in [2.05, 4.69) is 0 Å². The molecule has 1 aromatic heterocycles. The molecule has 1 N–H and O–H groups in total. The van der Waals surface area contributed by atoms with Gasteiger partial charge in [0, 0.05) is 13.1 Å². The fourth-order valence-corrected chi connectivity index (χ4v) is 3.04. The molecular weight excluding hydrogens is 234 g/mol. The fourth-order valence-electron chi connectivity index (χ4n) is 3.04. The average Bonchev–Trinajstić information content (AvgIpc) is 2.74. The zero-order valence-corrected chi connectivity index (χ0v) is 10.4. The fraction of sp³-hybridized carbons (Fsp3) is 0.615. The van der Waals surface area contributed by atoms with Crippen LogP contribution in [0.25, 0.3) is 0 Å². The van der Waals surface area contributed by atoms with Gasteiger partial charge in [0.1, 0.15) is 5.60 Å². The monoisotopic (exact) mass is 251 g/mol. The summed E-state index contributed by atoms with van der Waals surface area (Å²) in [4.78, 5) is 12.9. The van der Waals surface area contributed by atoms with Crippen LogP contribution in [0.1, 0.15) is 42.7 Å². The van der Waals surface area contributed by atoms with Gasteiger partial charge in [-0.15, -0.1) is 0 Å². The molecule has 3 rings (SSSR count). The Morgan fingerprint density at radius 1 is 1.39 bits per heavy atom. The first kappa shape index (κ1) is 11.4. The number of rotatable bonds is 1. The van der Waals surface area contributed by atoms with Crippen molar-refractivity contribution >= 4 is 11.9 Å². The molecule has 5 nitrogen and oxygen atoms in total. The zero-order valence-electron chi connectivity index (χ0n) is 10.4. The number of fused-ring (bicyclic) bond motifs is 1. The van der Waals surface area contributed by atoms with Gasteiger partial charge in [-0.2, -0.15) is 0 Å². The molecule has 1 saturated carbocycles. The normalized spacial score (nSPS) is 21.5. The Labute approximate surface area is 105 Å². The van der Waals surface area contributed by atoms with E-state index in [-0.39, 0.29) is 11.4 Å². The summed E-state index contributed by atoms with van der Waals surface area (Å²) in [5.41, 5.74) is -0.153. The van der Waals surface area contributed by atoms with Gasteiger partial charge in [0.2, 0.25) is 11.6 Å². The van der Waals surface area contributed by atoms with Crippen LogP contribution < -0.4 is 9.64 Å². The smallest absolute Gasteiger partial charge is 0.372 e. The predicted octanol–water partition coefficient (Wildman–Crippen LogP) is 2.51. The van der Waals surface area contributed by atoms with Crippen LogP contribution in [0.3, 0.4) is 0 Å². The van der Waals surface area contributed by atoms with Crippen molar-refractivity contribution in [3.63, 3.8) is 0 Å². The number of carboxylic acids is 1. The maximum atomic E-state index is 10.9. The molecule has 1 spiro atoms. The van der Waals surface area contributed by atoms with Crippen molar-refractivity contribution in [1.29, 1.82) is 0 Å². The van der Waals surface area contributed by atoms with E-state index in [0.717, 1.165) is 19.4 Å². The van der Waals surface area contributed by atoms with E-state index in [4.69, 9.17) is 14.3 Å². The SMILES string of the molecule is CN1CC2(CCCCC2)Oc2cc(C(=O)O)oc21. The summed E-state index contributed by atoms with van der Waals surface area (Å²) in [5.74, 6) is -0.00884. The van der Waals surface area contributed by atoms with Gasteiger partial charge in [-0.05, 0) is 25.7 Å². The van der Waals surface area contributed by atoms with Crippen LogP contribution in [0.2, 0.25) is 0 Å². The van der Waals surface area contributed by atoms with Gasteiger partial charge in [0.15, 0.2) is 5.75 Å². The standard InChI is InChI=1S/C13H17NO4/c1-14-8-13(5-3-2-4-6-13)18-9-7-10(12(15)16)17-11(9)14/h7H,2-6,8H2,1H3,(H,15,16). The van der Waals surface area contributed by atoms with Gasteiger partial charge in [-0.1, -0.05) is 6.42 Å². The number of anilines is 1. The van der Waals surface area contributed by atoms with Gasteiger partial charge >= 0.3 is 5.97 Å². The van der Waals surface area contributed by atoms with Crippen molar-refractivity contribution < 1.29 is 19.1 Å². The number of nitrogens with zero attached hydrogens (tertiary/aromatic N) is 1. The molecule has 0 unspecified atom stereocenters. The van der Waals surface area contributed by atoms with Crippen LogP contribution >= 0.6 is 0 Å². The highest BCUT2D eigenvalue weighted by Crippen LogP contribution is 2.44. The Kier molecular flexibility index (Phi) is 2.50. The largest absolute Gasteiger partial charge is 0.480 e. The first-order chi connectivity index (χ1) is 8.60. The maximum absolute atomic E-state index is 10.9. The second-order valence-corrected chi connectivity index (χ2v) is 5.29. The lowest BCUT2D eigenvalue weighted by Crippen LogP contribution is -2.50. The highest BCUT2D eigenvalue weighted by Gasteiger charge is 2.41. The van der Waals surface area contributed by atoms with E-state index in [1.165, 1.54) is 25.3 Å². The second kappa shape index (κ2) is 3.93. The molecule has 1 aliphatic carbocycles. The Morgan fingerprint density at radius 3 is 2.78 bits per heavy atom. The van der Waals surface area contributed by atoms with Gasteiger partial charge in [-0.25, -0.2) is 4.79 Å². The van der Waals surface area contributed by atoms with Crippen molar-refractivity contribution in [1.82, 2.24) is 0 Å². The minimum absolute atomic E-state index is 0.0558. The van der Waals surface area contributed by atoms with Crippen molar-refractivity contribution in [3.8, 4) is 5.75 Å². The molecule has 5 heteroatoms. The zero-order chi connectivity index (χ0) is 12.8. The number of furan rings is 1. The number of aromatic carboxylic acids is 1. The Hall–Kier alpha value is -1.65.